The molecular formula is C34H28N2O7S. The lowest BCUT2D eigenvalue weighted by atomic mass is 9.90. The van der Waals surface area contributed by atoms with E-state index in [0.29, 0.717) is 43.4 Å². The molecule has 3 aromatic carbocycles. The van der Waals surface area contributed by atoms with Crippen LogP contribution in [0.25, 0.3) is 28.2 Å². The molecule has 0 saturated heterocycles. The number of esters is 2. The molecule has 1 aliphatic rings. The van der Waals surface area contributed by atoms with Gasteiger partial charge in [-0.15, -0.1) is 0 Å². The highest BCUT2D eigenvalue weighted by Gasteiger charge is 2.36. The molecule has 0 spiro atoms. The number of thiazole rings is 1. The number of furan rings is 1. The molecule has 1 aliphatic heterocycles. The van der Waals surface area contributed by atoms with E-state index in [-0.39, 0.29) is 17.7 Å². The Kier molecular flexibility index (Phi) is 7.75. The molecule has 0 N–H and O–H groups in total. The van der Waals surface area contributed by atoms with Gasteiger partial charge in [-0.25, -0.2) is 14.6 Å². The van der Waals surface area contributed by atoms with Crippen molar-refractivity contribution in [3.63, 3.8) is 0 Å². The highest BCUT2D eigenvalue weighted by Crippen LogP contribution is 2.40. The van der Waals surface area contributed by atoms with Gasteiger partial charge >= 0.3 is 11.9 Å². The lowest BCUT2D eigenvalue weighted by Gasteiger charge is -2.27. The molecule has 1 atom stereocenters. The van der Waals surface area contributed by atoms with Crippen molar-refractivity contribution in [2.45, 2.75) is 19.9 Å². The van der Waals surface area contributed by atoms with E-state index >= 15 is 0 Å². The van der Waals surface area contributed by atoms with Crippen molar-refractivity contribution < 1.29 is 28.2 Å². The maximum absolute atomic E-state index is 14.2. The van der Waals surface area contributed by atoms with Crippen LogP contribution in [0.3, 0.4) is 0 Å². The molecule has 9 nitrogen and oxygen atoms in total. The number of ether oxygens (including phenoxy) is 3. The fraction of sp³-hybridized carbons (Fsp3) is 0.176. The molecule has 222 valence electrons. The molecule has 0 unspecified atom stereocenters. The van der Waals surface area contributed by atoms with Crippen molar-refractivity contribution in [3.05, 3.63) is 121 Å². The Morgan fingerprint density at radius 2 is 1.77 bits per heavy atom. The summed E-state index contributed by atoms with van der Waals surface area (Å²) in [5, 5.41) is 1.78. The van der Waals surface area contributed by atoms with E-state index in [0.717, 1.165) is 16.3 Å². The first-order valence-electron chi connectivity index (χ1n) is 13.9. The van der Waals surface area contributed by atoms with Crippen molar-refractivity contribution in [1.82, 2.24) is 4.57 Å². The Morgan fingerprint density at radius 3 is 2.50 bits per heavy atom. The number of hydrogen-bond donors (Lipinski definition) is 0. The van der Waals surface area contributed by atoms with Gasteiger partial charge in [-0.3, -0.25) is 9.36 Å². The minimum Gasteiger partial charge on any atom is -0.496 e. The van der Waals surface area contributed by atoms with Crippen LogP contribution in [0.15, 0.2) is 98.3 Å². The van der Waals surface area contributed by atoms with Crippen LogP contribution in [0, 0.1) is 0 Å². The average molecular weight is 609 g/mol. The number of carbonyl (C=O) groups excluding carboxylic acids is 2. The minimum absolute atomic E-state index is 0.172. The first-order chi connectivity index (χ1) is 21.3. The number of fused-ring (bicyclic) bond motifs is 2. The third-order valence-electron chi connectivity index (χ3n) is 7.43. The fourth-order valence-corrected chi connectivity index (χ4v) is 6.43. The second-order valence-corrected chi connectivity index (χ2v) is 11.0. The largest absolute Gasteiger partial charge is 0.496 e. The summed E-state index contributed by atoms with van der Waals surface area (Å²) in [6, 6.07) is 21.1. The molecule has 2 aromatic heterocycles. The van der Waals surface area contributed by atoms with E-state index in [4.69, 9.17) is 18.6 Å². The van der Waals surface area contributed by atoms with Gasteiger partial charge in [0.1, 0.15) is 23.3 Å². The highest BCUT2D eigenvalue weighted by atomic mass is 32.1. The second-order valence-electron chi connectivity index (χ2n) is 9.98. The lowest BCUT2D eigenvalue weighted by Crippen LogP contribution is -2.40. The maximum atomic E-state index is 14.2. The molecule has 0 fully saturated rings. The Bertz CT molecular complexity index is 2130. The summed E-state index contributed by atoms with van der Waals surface area (Å²) < 4.78 is 24.0. The first-order valence-corrected chi connectivity index (χ1v) is 14.7. The van der Waals surface area contributed by atoms with Crippen LogP contribution in [-0.4, -0.2) is 37.3 Å². The van der Waals surface area contributed by atoms with Crippen LogP contribution >= 0.6 is 11.3 Å². The summed E-state index contributed by atoms with van der Waals surface area (Å²) in [6.07, 6.45) is 1.66. The van der Waals surface area contributed by atoms with Crippen LogP contribution in [0.4, 0.5) is 0 Å². The smallest absolute Gasteiger partial charge is 0.338 e. The van der Waals surface area contributed by atoms with Crippen LogP contribution in [0.5, 0.6) is 5.75 Å². The van der Waals surface area contributed by atoms with Crippen LogP contribution in [-0.2, 0) is 14.3 Å². The number of nitrogens with zero attached hydrogens (tertiary/aromatic N) is 2. The zero-order valence-corrected chi connectivity index (χ0v) is 25.3. The predicted octanol–water partition coefficient (Wildman–Crippen LogP) is 5.01. The quantitative estimate of drug-likeness (QED) is 0.239. The zero-order chi connectivity index (χ0) is 31.0. The number of allylic oxidation sites excluding steroid dienone is 1. The van der Waals surface area contributed by atoms with Gasteiger partial charge in [-0.1, -0.05) is 53.8 Å². The standard InChI is InChI=1S/C34H28N2O7S/c1-5-42-33(39)28-19(2)35-34-36(30(28)29-24-9-7-6-8-20(24)14-16-26(29)40-3)31(37)27(44-34)18-23-15-17-25(43-23)21-10-12-22(13-11-21)32(38)41-4/h6-18,30H,5H2,1-4H3/b27-18-/t30-/m0/s1. The third-order valence-corrected chi connectivity index (χ3v) is 8.41. The van der Waals surface area contributed by atoms with Crippen molar-refractivity contribution >= 4 is 40.1 Å². The van der Waals surface area contributed by atoms with Gasteiger partial charge in [-0.2, -0.15) is 0 Å². The Labute approximate surface area is 255 Å². The Hall–Kier alpha value is -5.22. The van der Waals surface area contributed by atoms with E-state index in [1.807, 2.05) is 36.4 Å². The molecule has 0 aliphatic carbocycles. The van der Waals surface area contributed by atoms with E-state index in [1.54, 1.807) is 63.4 Å². The molecule has 10 heteroatoms. The second kappa shape index (κ2) is 11.8. The average Bonchev–Trinajstić information content (AvgIpc) is 3.63. The van der Waals surface area contributed by atoms with Crippen molar-refractivity contribution in [2.75, 3.05) is 20.8 Å². The summed E-state index contributed by atoms with van der Waals surface area (Å²) in [7, 11) is 2.90. The number of hydrogen-bond acceptors (Lipinski definition) is 9. The summed E-state index contributed by atoms with van der Waals surface area (Å²) >= 11 is 1.21. The van der Waals surface area contributed by atoms with E-state index in [2.05, 4.69) is 4.99 Å². The van der Waals surface area contributed by atoms with E-state index < -0.39 is 18.0 Å². The van der Waals surface area contributed by atoms with Gasteiger partial charge in [0.2, 0.25) is 0 Å². The molecule has 0 radical (unpaired) electrons. The Balaban J connectivity index is 1.50. The zero-order valence-electron chi connectivity index (χ0n) is 24.5. The van der Waals surface area contributed by atoms with Crippen molar-refractivity contribution in [3.8, 4) is 17.1 Å². The molecule has 5 aromatic rings. The van der Waals surface area contributed by atoms with Gasteiger partial charge in [-0.05, 0) is 55.0 Å². The van der Waals surface area contributed by atoms with Crippen molar-refractivity contribution in [1.29, 1.82) is 0 Å². The monoisotopic (exact) mass is 608 g/mol. The number of benzene rings is 3. The van der Waals surface area contributed by atoms with E-state index in [1.165, 1.54) is 23.0 Å². The summed E-state index contributed by atoms with van der Waals surface area (Å²) in [4.78, 5) is 44.5. The van der Waals surface area contributed by atoms with Gasteiger partial charge < -0.3 is 18.6 Å². The van der Waals surface area contributed by atoms with Gasteiger partial charge in [0.25, 0.3) is 5.56 Å². The molecule has 0 bridgehead atoms. The number of rotatable bonds is 7. The van der Waals surface area contributed by atoms with Crippen LogP contribution < -0.4 is 19.6 Å². The fourth-order valence-electron chi connectivity index (χ4n) is 5.40. The minimum atomic E-state index is -0.839. The third kappa shape index (κ3) is 5.03. The normalized spacial score (nSPS) is 14.7. The maximum Gasteiger partial charge on any atom is 0.338 e. The summed E-state index contributed by atoms with van der Waals surface area (Å²) in [5.41, 5.74) is 2.27. The van der Waals surface area contributed by atoms with Gasteiger partial charge in [0.05, 0.1) is 42.2 Å². The highest BCUT2D eigenvalue weighted by molar-refractivity contribution is 7.07. The molecule has 0 saturated carbocycles. The molecule has 0 amide bonds. The SMILES string of the molecule is CCOC(=O)C1=C(C)N=c2s/c(=C\c3ccc(-c4ccc(C(=O)OC)cc4)o3)c(=O)n2[C@@H]1c1c(OC)ccc2ccccc12. The van der Waals surface area contributed by atoms with E-state index in [9.17, 15) is 14.4 Å². The molecule has 44 heavy (non-hydrogen) atoms. The number of aromatic nitrogens is 1. The topological polar surface area (TPSA) is 109 Å². The summed E-state index contributed by atoms with van der Waals surface area (Å²) in [5.74, 6) is 0.598. The lowest BCUT2D eigenvalue weighted by molar-refractivity contribution is -0.139. The first kappa shape index (κ1) is 28.9. The molecular weight excluding hydrogens is 580 g/mol. The number of carbonyl (C=O) groups is 2. The van der Waals surface area contributed by atoms with Crippen molar-refractivity contribution in [2.24, 2.45) is 4.99 Å². The van der Waals surface area contributed by atoms with Gasteiger partial charge in [0, 0.05) is 17.2 Å². The predicted molar refractivity (Wildman–Crippen MR) is 166 cm³/mol. The molecule has 3 heterocycles. The van der Waals surface area contributed by atoms with Gasteiger partial charge in [0.15, 0.2) is 4.80 Å². The van der Waals surface area contributed by atoms with Crippen LogP contribution in [0.2, 0.25) is 0 Å². The van der Waals surface area contributed by atoms with Crippen LogP contribution in [0.1, 0.15) is 41.6 Å². The Morgan fingerprint density at radius 1 is 1.00 bits per heavy atom. The number of methoxy groups -OCH3 is 2. The summed E-state index contributed by atoms with van der Waals surface area (Å²) in [6.45, 7) is 3.66. The molecule has 6 rings (SSSR count).